The van der Waals surface area contributed by atoms with Crippen molar-refractivity contribution in [3.63, 3.8) is 0 Å². The molecule has 4 rings (SSSR count). The number of oxime groups is 1. The Morgan fingerprint density at radius 3 is 2.03 bits per heavy atom. The van der Waals surface area contributed by atoms with Gasteiger partial charge in [0.15, 0.2) is 5.67 Å². The summed E-state index contributed by atoms with van der Waals surface area (Å²) >= 11 is 17.7. The minimum atomic E-state index is -4.81. The Kier molecular flexibility index (Phi) is 5.01. The molecule has 3 nitrogen and oxygen atoms in total. The van der Waals surface area contributed by atoms with Gasteiger partial charge in [0.25, 0.3) is 5.60 Å². The predicted octanol–water partition coefficient (Wildman–Crippen LogP) is 6.00. The summed E-state index contributed by atoms with van der Waals surface area (Å²) in [5, 5.41) is 6.24. The third-order valence-corrected chi connectivity index (χ3v) is 6.38. The van der Waals surface area contributed by atoms with E-state index in [1.807, 2.05) is 0 Å². The van der Waals surface area contributed by atoms with E-state index in [2.05, 4.69) is 10.5 Å². The van der Waals surface area contributed by atoms with Crippen molar-refractivity contribution in [2.75, 3.05) is 13.1 Å². The molecule has 1 saturated heterocycles. The van der Waals surface area contributed by atoms with Crippen molar-refractivity contribution in [3.05, 3.63) is 68.2 Å². The van der Waals surface area contributed by atoms with Crippen LogP contribution < -0.4 is 5.32 Å². The number of nitrogens with zero attached hydrogens (tertiary/aromatic N) is 1. The third-order valence-electron chi connectivity index (χ3n) is 5.18. The topological polar surface area (TPSA) is 33.6 Å². The molecule has 2 aromatic rings. The lowest BCUT2D eigenvalue weighted by Crippen LogP contribution is -2.53. The van der Waals surface area contributed by atoms with E-state index >= 15 is 0 Å². The van der Waals surface area contributed by atoms with Crippen LogP contribution in [0.4, 0.5) is 17.6 Å². The van der Waals surface area contributed by atoms with Gasteiger partial charge in [0.1, 0.15) is 0 Å². The molecule has 0 radical (unpaired) electrons. The number of rotatable bonds is 3. The quantitative estimate of drug-likeness (QED) is 0.444. The van der Waals surface area contributed by atoms with Gasteiger partial charge in [-0.15, -0.1) is 0 Å². The molecule has 0 unspecified atom stereocenters. The normalized spacial score (nSPS) is 23.3. The summed E-state index contributed by atoms with van der Waals surface area (Å²) in [7, 11) is 0. The van der Waals surface area contributed by atoms with Crippen LogP contribution in [0.1, 0.15) is 23.1 Å². The molecule has 0 bridgehead atoms. The van der Waals surface area contributed by atoms with Crippen LogP contribution in [-0.4, -0.2) is 25.0 Å². The summed E-state index contributed by atoms with van der Waals surface area (Å²) in [4.78, 5) is 4.96. The van der Waals surface area contributed by atoms with Gasteiger partial charge in [-0.25, -0.2) is 4.39 Å². The van der Waals surface area contributed by atoms with Gasteiger partial charge in [-0.05, 0) is 23.3 Å². The van der Waals surface area contributed by atoms with Crippen LogP contribution in [0, 0.1) is 0 Å². The van der Waals surface area contributed by atoms with Crippen LogP contribution in [0.3, 0.4) is 0 Å². The molecule has 2 aromatic carbocycles. The van der Waals surface area contributed by atoms with Crippen molar-refractivity contribution in [3.8, 4) is 0 Å². The van der Waals surface area contributed by atoms with Crippen LogP contribution in [0.25, 0.3) is 0 Å². The summed E-state index contributed by atoms with van der Waals surface area (Å²) in [5.74, 6) is 0. The van der Waals surface area contributed by atoms with E-state index < -0.39 is 23.9 Å². The Morgan fingerprint density at radius 2 is 1.55 bits per heavy atom. The van der Waals surface area contributed by atoms with Gasteiger partial charge in [-0.1, -0.05) is 64.2 Å². The summed E-state index contributed by atoms with van der Waals surface area (Å²) in [6, 6.07) is 8.30. The molecule has 0 amide bonds. The highest BCUT2D eigenvalue weighted by molar-refractivity contribution is 6.48. The summed E-state index contributed by atoms with van der Waals surface area (Å²) < 4.78 is 56.6. The monoisotopic (exact) mass is 466 g/mol. The number of nitrogens with one attached hydrogen (secondary N) is 1. The fraction of sp³-hybridized carbons (Fsp3) is 0.316. The fourth-order valence-corrected chi connectivity index (χ4v) is 3.95. The van der Waals surface area contributed by atoms with Crippen molar-refractivity contribution in [2.24, 2.45) is 5.16 Å². The Hall–Kier alpha value is -1.54. The lowest BCUT2D eigenvalue weighted by molar-refractivity contribution is -0.275. The molecule has 0 saturated carbocycles. The van der Waals surface area contributed by atoms with Gasteiger partial charge < -0.3 is 10.2 Å². The maximum absolute atomic E-state index is 14.5. The van der Waals surface area contributed by atoms with E-state index in [9.17, 15) is 17.6 Å². The Balaban J connectivity index is 1.67. The largest absolute Gasteiger partial charge is 0.435 e. The Labute approximate surface area is 178 Å². The smallest absolute Gasteiger partial charge is 0.374 e. The Morgan fingerprint density at radius 1 is 0.966 bits per heavy atom. The van der Waals surface area contributed by atoms with E-state index in [4.69, 9.17) is 39.6 Å². The standard InChI is InChI=1S/C19H13Cl3F4N2O/c20-13-5-12(6-14(21)16(13)22)18(19(24,25)26)7-15(28-29-18)10-1-3-11(4-2-10)17(23)8-27-9-17/h1-6,27H,7-9H2/t18-/m0/s1. The predicted molar refractivity (Wildman–Crippen MR) is 104 cm³/mol. The number of halogens is 7. The van der Waals surface area contributed by atoms with E-state index in [-0.39, 0.29) is 39.4 Å². The van der Waals surface area contributed by atoms with Crippen molar-refractivity contribution in [1.82, 2.24) is 5.32 Å². The minimum Gasteiger partial charge on any atom is -0.374 e. The average molecular weight is 468 g/mol. The minimum absolute atomic E-state index is 0.0465. The van der Waals surface area contributed by atoms with E-state index in [1.165, 1.54) is 12.1 Å². The zero-order valence-corrected chi connectivity index (χ0v) is 16.9. The maximum Gasteiger partial charge on any atom is 0.435 e. The zero-order chi connectivity index (χ0) is 21.0. The first-order valence-electron chi connectivity index (χ1n) is 8.53. The molecule has 1 N–H and O–H groups in total. The van der Waals surface area contributed by atoms with Gasteiger partial charge in [0.05, 0.1) is 20.8 Å². The van der Waals surface area contributed by atoms with E-state index in [0.717, 1.165) is 12.1 Å². The van der Waals surface area contributed by atoms with Crippen LogP contribution >= 0.6 is 34.8 Å². The lowest BCUT2D eigenvalue weighted by Gasteiger charge is -2.35. The van der Waals surface area contributed by atoms with Gasteiger partial charge in [0, 0.05) is 25.1 Å². The van der Waals surface area contributed by atoms with E-state index in [0.29, 0.717) is 11.1 Å². The molecule has 10 heteroatoms. The van der Waals surface area contributed by atoms with Crippen LogP contribution in [0.15, 0.2) is 41.6 Å². The van der Waals surface area contributed by atoms with Crippen molar-refractivity contribution >= 4 is 40.5 Å². The second kappa shape index (κ2) is 7.01. The average Bonchev–Trinajstić information content (AvgIpc) is 3.11. The summed E-state index contributed by atoms with van der Waals surface area (Å²) in [6.07, 6.45) is -5.40. The fourth-order valence-electron chi connectivity index (χ4n) is 3.36. The summed E-state index contributed by atoms with van der Waals surface area (Å²) in [5.41, 5.74) is -3.57. The second-order valence-electron chi connectivity index (χ2n) is 7.03. The van der Waals surface area contributed by atoms with Crippen molar-refractivity contribution < 1.29 is 22.4 Å². The highest BCUT2D eigenvalue weighted by Gasteiger charge is 2.62. The first-order valence-corrected chi connectivity index (χ1v) is 9.66. The number of benzene rings is 2. The van der Waals surface area contributed by atoms with Crippen molar-refractivity contribution in [1.29, 1.82) is 0 Å². The molecule has 0 aromatic heterocycles. The van der Waals surface area contributed by atoms with Crippen LogP contribution in [0.5, 0.6) is 0 Å². The van der Waals surface area contributed by atoms with E-state index in [1.54, 1.807) is 12.1 Å². The van der Waals surface area contributed by atoms with Gasteiger partial charge in [0.2, 0.25) is 0 Å². The molecule has 0 aliphatic carbocycles. The van der Waals surface area contributed by atoms with Crippen LogP contribution in [-0.2, 0) is 16.1 Å². The first kappa shape index (κ1) is 20.7. The van der Waals surface area contributed by atoms with Gasteiger partial charge in [-0.3, -0.25) is 0 Å². The molecule has 2 aliphatic heterocycles. The number of hydrogen-bond donors (Lipinski definition) is 1. The number of hydrogen-bond acceptors (Lipinski definition) is 3. The first-order chi connectivity index (χ1) is 13.6. The molecule has 0 spiro atoms. The molecule has 1 fully saturated rings. The molecule has 2 aliphatic rings. The maximum atomic E-state index is 14.5. The van der Waals surface area contributed by atoms with Gasteiger partial charge >= 0.3 is 6.18 Å². The van der Waals surface area contributed by atoms with Crippen molar-refractivity contribution in [2.45, 2.75) is 23.9 Å². The third kappa shape index (κ3) is 3.38. The summed E-state index contributed by atoms with van der Waals surface area (Å²) in [6.45, 7) is 0.400. The highest BCUT2D eigenvalue weighted by atomic mass is 35.5. The molecular formula is C19H13Cl3F4N2O. The highest BCUT2D eigenvalue weighted by Crippen LogP contribution is 2.50. The zero-order valence-electron chi connectivity index (χ0n) is 14.6. The van der Waals surface area contributed by atoms with Gasteiger partial charge in [-0.2, -0.15) is 13.2 Å². The lowest BCUT2D eigenvalue weighted by atomic mass is 9.85. The Bertz CT molecular complexity index is 967. The molecule has 1 atom stereocenters. The van der Waals surface area contributed by atoms with Crippen LogP contribution in [0.2, 0.25) is 15.1 Å². The second-order valence-corrected chi connectivity index (χ2v) is 8.22. The molecule has 154 valence electrons. The molecule has 29 heavy (non-hydrogen) atoms. The SMILES string of the molecule is FC1(c2ccc(C3=NO[C@@](c4cc(Cl)c(Cl)c(Cl)c4)(C(F)(F)F)C3)cc2)CNC1. The molecule has 2 heterocycles. The number of alkyl halides is 4. The molecular weight excluding hydrogens is 455 g/mol.